The lowest BCUT2D eigenvalue weighted by molar-refractivity contribution is 0.262. The summed E-state index contributed by atoms with van der Waals surface area (Å²) in [6, 6.07) is 9.60. The van der Waals surface area contributed by atoms with Gasteiger partial charge in [0.15, 0.2) is 5.82 Å². The summed E-state index contributed by atoms with van der Waals surface area (Å²) in [5, 5.41) is 9.55. The van der Waals surface area contributed by atoms with Crippen molar-refractivity contribution < 1.29 is 9.18 Å². The molecular formula is C24H25FN8OS. The van der Waals surface area contributed by atoms with Crippen LogP contribution in [0.25, 0.3) is 16.6 Å². The van der Waals surface area contributed by atoms with Crippen molar-refractivity contribution in [1.82, 2.24) is 24.5 Å². The molecule has 4 N–H and O–H groups in total. The summed E-state index contributed by atoms with van der Waals surface area (Å²) < 4.78 is 16.8. The fourth-order valence-corrected chi connectivity index (χ4v) is 5.09. The molecule has 11 heteroatoms. The third kappa shape index (κ3) is 5.05. The van der Waals surface area contributed by atoms with E-state index in [-0.39, 0.29) is 5.69 Å². The summed E-state index contributed by atoms with van der Waals surface area (Å²) in [5.74, 6) is 2.33. The number of carbonyl (C=O) groups is 1. The van der Waals surface area contributed by atoms with E-state index in [1.165, 1.54) is 18.5 Å². The van der Waals surface area contributed by atoms with Crippen LogP contribution in [0.3, 0.4) is 0 Å². The van der Waals surface area contributed by atoms with Crippen LogP contribution in [0, 0.1) is 12.7 Å². The van der Waals surface area contributed by atoms with Gasteiger partial charge in [0, 0.05) is 42.9 Å². The fraction of sp³-hybridized carbons (Fsp3) is 0.250. The van der Waals surface area contributed by atoms with Gasteiger partial charge in [0.05, 0.1) is 11.4 Å². The van der Waals surface area contributed by atoms with Gasteiger partial charge in [-0.15, -0.1) is 0 Å². The van der Waals surface area contributed by atoms with E-state index in [0.717, 1.165) is 41.4 Å². The van der Waals surface area contributed by atoms with Crippen molar-refractivity contribution in [2.45, 2.75) is 13.5 Å². The maximum atomic E-state index is 15.0. The average molecular weight is 493 g/mol. The van der Waals surface area contributed by atoms with Crippen molar-refractivity contribution in [2.75, 3.05) is 41.0 Å². The van der Waals surface area contributed by atoms with Gasteiger partial charge in [-0.25, -0.2) is 23.7 Å². The molecule has 180 valence electrons. The largest absolute Gasteiger partial charge is 0.382 e. The topological polar surface area (TPSA) is 113 Å². The molecular weight excluding hydrogens is 467 g/mol. The number of amides is 2. The smallest absolute Gasteiger partial charge is 0.324 e. The molecule has 0 radical (unpaired) electrons. The van der Waals surface area contributed by atoms with E-state index in [2.05, 4.69) is 30.6 Å². The van der Waals surface area contributed by atoms with E-state index in [9.17, 15) is 4.79 Å². The lowest BCUT2D eigenvalue weighted by atomic mass is 10.1. The standard InChI is InChI=1S/C24H25FN8OS/c1-15-4-5-27-21(10-15)31-24(34)30-20-3-2-16(11-19(20)25)18-12-17(13-32-6-8-35-9-7-32)33-22(18)23(26)28-14-29-33/h2-5,10-12,14H,6-9,13H2,1H3,(H2,26,28,29)(H2,27,30,31,34). The number of hydrogen-bond acceptors (Lipinski definition) is 7. The summed E-state index contributed by atoms with van der Waals surface area (Å²) in [6.07, 6.45) is 3.02. The van der Waals surface area contributed by atoms with Gasteiger partial charge in [-0.05, 0) is 48.4 Å². The van der Waals surface area contributed by atoms with Gasteiger partial charge in [-0.3, -0.25) is 10.2 Å². The van der Waals surface area contributed by atoms with Crippen LogP contribution in [0.2, 0.25) is 0 Å². The SMILES string of the molecule is Cc1ccnc(NC(=O)Nc2ccc(-c3cc(CN4CCSCC4)n4ncnc(N)c34)cc2F)c1. The number of urea groups is 1. The van der Waals surface area contributed by atoms with E-state index < -0.39 is 11.8 Å². The Morgan fingerprint density at radius 1 is 1.14 bits per heavy atom. The minimum Gasteiger partial charge on any atom is -0.382 e. The number of carbonyl (C=O) groups excluding carboxylic acids is 1. The summed E-state index contributed by atoms with van der Waals surface area (Å²) in [4.78, 5) is 22.9. The Morgan fingerprint density at radius 2 is 1.97 bits per heavy atom. The minimum atomic E-state index is -0.580. The van der Waals surface area contributed by atoms with Crippen molar-refractivity contribution in [3.8, 4) is 11.1 Å². The van der Waals surface area contributed by atoms with Gasteiger partial charge in [0.25, 0.3) is 0 Å². The molecule has 35 heavy (non-hydrogen) atoms. The molecule has 0 spiro atoms. The van der Waals surface area contributed by atoms with Crippen LogP contribution < -0.4 is 16.4 Å². The average Bonchev–Trinajstić information content (AvgIpc) is 3.20. The fourth-order valence-electron chi connectivity index (χ4n) is 4.11. The van der Waals surface area contributed by atoms with Gasteiger partial charge in [-0.1, -0.05) is 6.07 Å². The molecule has 4 aromatic rings. The van der Waals surface area contributed by atoms with E-state index in [1.54, 1.807) is 22.8 Å². The Hall–Kier alpha value is -3.70. The van der Waals surface area contributed by atoms with Gasteiger partial charge >= 0.3 is 6.03 Å². The molecule has 0 bridgehead atoms. The molecule has 4 heterocycles. The minimum absolute atomic E-state index is 0.0534. The second-order valence-electron chi connectivity index (χ2n) is 8.34. The predicted molar refractivity (Wildman–Crippen MR) is 137 cm³/mol. The summed E-state index contributed by atoms with van der Waals surface area (Å²) >= 11 is 1.95. The predicted octanol–water partition coefficient (Wildman–Crippen LogP) is 4.01. The van der Waals surface area contributed by atoms with Crippen molar-refractivity contribution in [1.29, 1.82) is 0 Å². The van der Waals surface area contributed by atoms with E-state index in [4.69, 9.17) is 5.73 Å². The Kier molecular flexibility index (Phi) is 6.51. The first-order valence-electron chi connectivity index (χ1n) is 11.2. The molecule has 0 saturated carbocycles. The molecule has 3 aromatic heterocycles. The molecule has 1 fully saturated rings. The zero-order valence-electron chi connectivity index (χ0n) is 19.2. The maximum absolute atomic E-state index is 15.0. The maximum Gasteiger partial charge on any atom is 0.324 e. The second-order valence-corrected chi connectivity index (χ2v) is 9.56. The highest BCUT2D eigenvalue weighted by Gasteiger charge is 2.19. The van der Waals surface area contributed by atoms with Gasteiger partial charge < -0.3 is 11.1 Å². The second kappa shape index (κ2) is 9.88. The molecule has 5 rings (SSSR count). The number of fused-ring (bicyclic) bond motifs is 1. The molecule has 2 amide bonds. The highest BCUT2D eigenvalue weighted by molar-refractivity contribution is 7.99. The third-order valence-electron chi connectivity index (χ3n) is 5.83. The van der Waals surface area contributed by atoms with Crippen LogP contribution >= 0.6 is 11.8 Å². The molecule has 0 aliphatic carbocycles. The zero-order chi connectivity index (χ0) is 24.4. The highest BCUT2D eigenvalue weighted by Crippen LogP contribution is 2.33. The van der Waals surface area contributed by atoms with Crippen molar-refractivity contribution in [3.63, 3.8) is 0 Å². The van der Waals surface area contributed by atoms with Crippen LogP contribution in [0.5, 0.6) is 0 Å². The number of aryl methyl sites for hydroxylation is 1. The Balaban J connectivity index is 1.41. The zero-order valence-corrected chi connectivity index (χ0v) is 20.0. The number of thioether (sulfide) groups is 1. The highest BCUT2D eigenvalue weighted by atomic mass is 32.2. The number of hydrogen-bond donors (Lipinski definition) is 3. The number of nitrogens with one attached hydrogen (secondary N) is 2. The van der Waals surface area contributed by atoms with Crippen LogP contribution in [-0.4, -0.2) is 55.1 Å². The van der Waals surface area contributed by atoms with Gasteiger partial charge in [0.1, 0.15) is 23.5 Å². The van der Waals surface area contributed by atoms with Crippen molar-refractivity contribution in [2.24, 2.45) is 0 Å². The van der Waals surface area contributed by atoms with E-state index in [0.29, 0.717) is 29.3 Å². The van der Waals surface area contributed by atoms with Gasteiger partial charge in [-0.2, -0.15) is 16.9 Å². The van der Waals surface area contributed by atoms with Crippen molar-refractivity contribution in [3.05, 3.63) is 66.0 Å². The van der Waals surface area contributed by atoms with Crippen LogP contribution in [-0.2, 0) is 6.54 Å². The molecule has 1 aliphatic heterocycles. The lowest BCUT2D eigenvalue weighted by Crippen LogP contribution is -2.32. The number of nitrogens with zero attached hydrogens (tertiary/aromatic N) is 5. The van der Waals surface area contributed by atoms with Crippen molar-refractivity contribution >= 4 is 40.6 Å². The number of nitrogen functional groups attached to an aromatic ring is 1. The van der Waals surface area contributed by atoms with Crippen LogP contribution in [0.1, 0.15) is 11.3 Å². The Morgan fingerprint density at radius 3 is 2.74 bits per heavy atom. The van der Waals surface area contributed by atoms with Gasteiger partial charge in [0.2, 0.25) is 0 Å². The summed E-state index contributed by atoms with van der Waals surface area (Å²) in [7, 11) is 0. The molecule has 1 aromatic carbocycles. The Labute approximate surface area is 205 Å². The number of anilines is 3. The Bertz CT molecular complexity index is 1390. The number of pyridine rings is 1. The molecule has 0 atom stereocenters. The van der Waals surface area contributed by atoms with Crippen LogP contribution in [0.4, 0.5) is 26.5 Å². The molecule has 0 unspecified atom stereocenters. The number of benzene rings is 1. The summed E-state index contributed by atoms with van der Waals surface area (Å²) in [5.41, 5.74) is 10.2. The van der Waals surface area contributed by atoms with E-state index in [1.807, 2.05) is 30.8 Å². The normalized spacial score (nSPS) is 14.2. The number of rotatable bonds is 5. The molecule has 9 nitrogen and oxygen atoms in total. The van der Waals surface area contributed by atoms with Crippen LogP contribution in [0.15, 0.2) is 48.9 Å². The number of nitrogens with two attached hydrogens (primary N) is 1. The van der Waals surface area contributed by atoms with E-state index >= 15 is 4.39 Å². The first-order chi connectivity index (χ1) is 17.0. The monoisotopic (exact) mass is 492 g/mol. The quantitative estimate of drug-likeness (QED) is 0.386. The number of aromatic nitrogens is 4. The first-order valence-corrected chi connectivity index (χ1v) is 12.3. The third-order valence-corrected chi connectivity index (χ3v) is 6.77. The first kappa shape index (κ1) is 23.1. The lowest BCUT2D eigenvalue weighted by Gasteiger charge is -2.25. The summed E-state index contributed by atoms with van der Waals surface area (Å²) in [6.45, 7) is 4.61. The molecule has 1 saturated heterocycles. The number of halogens is 1. The molecule has 1 aliphatic rings.